The average molecular weight is 502 g/mol. The van der Waals surface area contributed by atoms with E-state index in [0.717, 1.165) is 68.9 Å². The largest absolute Gasteiger partial charge is 0.474 e. The first-order valence-corrected chi connectivity index (χ1v) is 10.5. The van der Waals surface area contributed by atoms with E-state index in [9.17, 15) is 0 Å². The van der Waals surface area contributed by atoms with Crippen LogP contribution in [0.3, 0.4) is 0 Å². The minimum absolute atomic E-state index is 0. The molecule has 1 aromatic heterocycles. The highest BCUT2D eigenvalue weighted by Gasteiger charge is 2.20. The van der Waals surface area contributed by atoms with E-state index in [0.29, 0.717) is 12.6 Å². The number of hydrogen-bond acceptors (Lipinski definition) is 4. The summed E-state index contributed by atoms with van der Waals surface area (Å²) in [7, 11) is 0. The van der Waals surface area contributed by atoms with Crippen LogP contribution in [0, 0.1) is 5.92 Å². The summed E-state index contributed by atoms with van der Waals surface area (Å²) in [6.07, 6.45) is 10.7. The van der Waals surface area contributed by atoms with Gasteiger partial charge in [0, 0.05) is 38.6 Å². The molecule has 2 aliphatic rings. The fourth-order valence-corrected chi connectivity index (χ4v) is 3.18. The van der Waals surface area contributed by atoms with Crippen LogP contribution in [0.15, 0.2) is 23.3 Å². The molecule has 0 aromatic carbocycles. The zero-order valence-electron chi connectivity index (χ0n) is 17.0. The third kappa shape index (κ3) is 8.94. The molecule has 0 saturated heterocycles. The first-order valence-electron chi connectivity index (χ1n) is 10.5. The van der Waals surface area contributed by atoms with Crippen molar-refractivity contribution in [2.45, 2.75) is 64.5 Å². The number of aliphatic imine (C=N–C) groups is 1. The van der Waals surface area contributed by atoms with E-state index in [1.807, 2.05) is 12.3 Å². The molecule has 2 saturated carbocycles. The van der Waals surface area contributed by atoms with Gasteiger partial charge in [-0.05, 0) is 63.4 Å². The summed E-state index contributed by atoms with van der Waals surface area (Å²) in [4.78, 5) is 9.08. The molecule has 0 radical (unpaired) electrons. The van der Waals surface area contributed by atoms with Crippen molar-refractivity contribution in [3.8, 4) is 5.88 Å². The molecule has 1 aromatic rings. The summed E-state index contributed by atoms with van der Waals surface area (Å²) in [5.74, 6) is 2.40. The van der Waals surface area contributed by atoms with Gasteiger partial charge in [-0.1, -0.05) is 6.07 Å². The molecule has 0 bridgehead atoms. The van der Waals surface area contributed by atoms with Gasteiger partial charge in [0.15, 0.2) is 5.96 Å². The van der Waals surface area contributed by atoms with E-state index >= 15 is 0 Å². The van der Waals surface area contributed by atoms with Crippen molar-refractivity contribution < 1.29 is 9.47 Å². The van der Waals surface area contributed by atoms with Gasteiger partial charge in [0.2, 0.25) is 5.88 Å². The van der Waals surface area contributed by atoms with Gasteiger partial charge in [-0.15, -0.1) is 24.0 Å². The molecule has 0 aliphatic heterocycles. The quantitative estimate of drug-likeness (QED) is 0.208. The average Bonchev–Trinajstić information content (AvgIpc) is 3.37. The summed E-state index contributed by atoms with van der Waals surface area (Å²) in [6.45, 7) is 6.13. The van der Waals surface area contributed by atoms with Crippen molar-refractivity contribution in [1.82, 2.24) is 15.6 Å². The number of aromatic nitrogens is 1. The number of halogens is 1. The van der Waals surface area contributed by atoms with Crippen LogP contribution in [0.5, 0.6) is 5.88 Å². The molecule has 0 unspecified atom stereocenters. The van der Waals surface area contributed by atoms with Crippen molar-refractivity contribution in [2.75, 3.05) is 26.3 Å². The van der Waals surface area contributed by atoms with Crippen molar-refractivity contribution in [2.24, 2.45) is 10.9 Å². The number of guanidine groups is 1. The molecule has 7 heteroatoms. The van der Waals surface area contributed by atoms with E-state index in [4.69, 9.17) is 9.47 Å². The van der Waals surface area contributed by atoms with Gasteiger partial charge in [0.05, 0.1) is 6.54 Å². The minimum Gasteiger partial charge on any atom is -0.474 e. The SMILES string of the molecule is CCNC(=NCc1ccc(OC2CCCC2)nc1)NCCCOCC1CC1.I. The fraction of sp³-hybridized carbons (Fsp3) is 0.714. The topological polar surface area (TPSA) is 67.8 Å². The summed E-state index contributed by atoms with van der Waals surface area (Å²) in [6, 6.07) is 4.01. The van der Waals surface area contributed by atoms with E-state index < -0.39 is 0 Å². The monoisotopic (exact) mass is 502 g/mol. The second-order valence-corrected chi connectivity index (χ2v) is 7.52. The minimum atomic E-state index is 0. The van der Waals surface area contributed by atoms with Crippen molar-refractivity contribution >= 4 is 29.9 Å². The van der Waals surface area contributed by atoms with Crippen LogP contribution < -0.4 is 15.4 Å². The van der Waals surface area contributed by atoms with E-state index in [2.05, 4.69) is 33.6 Å². The smallest absolute Gasteiger partial charge is 0.213 e. The molecule has 2 aliphatic carbocycles. The Bertz CT molecular complexity index is 572. The lowest BCUT2D eigenvalue weighted by Crippen LogP contribution is -2.38. The molecule has 6 nitrogen and oxygen atoms in total. The number of nitrogens with zero attached hydrogens (tertiary/aromatic N) is 2. The Labute approximate surface area is 186 Å². The number of hydrogen-bond donors (Lipinski definition) is 2. The first kappa shape index (κ1) is 23.2. The summed E-state index contributed by atoms with van der Waals surface area (Å²) in [5, 5.41) is 6.65. The molecular weight excluding hydrogens is 467 g/mol. The molecule has 2 N–H and O–H groups in total. The number of rotatable bonds is 11. The predicted molar refractivity (Wildman–Crippen MR) is 124 cm³/mol. The second-order valence-electron chi connectivity index (χ2n) is 7.52. The Hall–Kier alpha value is -1.09. The molecule has 0 amide bonds. The third-order valence-corrected chi connectivity index (χ3v) is 4.96. The maximum atomic E-state index is 5.91. The number of nitrogens with one attached hydrogen (secondary N) is 2. The van der Waals surface area contributed by atoms with Gasteiger partial charge < -0.3 is 20.1 Å². The highest BCUT2D eigenvalue weighted by Crippen LogP contribution is 2.28. The molecule has 1 heterocycles. The fourth-order valence-electron chi connectivity index (χ4n) is 3.18. The van der Waals surface area contributed by atoms with Gasteiger partial charge >= 0.3 is 0 Å². The number of pyridine rings is 1. The lowest BCUT2D eigenvalue weighted by Gasteiger charge is -2.12. The van der Waals surface area contributed by atoms with E-state index in [1.54, 1.807) is 0 Å². The van der Waals surface area contributed by atoms with Crippen LogP contribution in [0.4, 0.5) is 0 Å². The maximum absolute atomic E-state index is 5.91. The highest BCUT2D eigenvalue weighted by atomic mass is 127. The second kappa shape index (κ2) is 13.2. The Balaban J connectivity index is 0.00000280. The standard InChI is InChI=1S/C21H34N4O2.HI/c1-2-22-21(23-12-5-13-26-16-17-8-9-17)25-15-18-10-11-20(24-14-18)27-19-6-3-4-7-19;/h10-11,14,17,19H,2-9,12-13,15-16H2,1H3,(H2,22,23,25);1H. The van der Waals surface area contributed by atoms with Crippen LogP contribution in [-0.4, -0.2) is 43.4 Å². The van der Waals surface area contributed by atoms with Crippen LogP contribution in [0.25, 0.3) is 0 Å². The lowest BCUT2D eigenvalue weighted by molar-refractivity contribution is 0.123. The van der Waals surface area contributed by atoms with Crippen molar-refractivity contribution in [3.05, 3.63) is 23.9 Å². The third-order valence-electron chi connectivity index (χ3n) is 4.96. The first-order chi connectivity index (χ1) is 13.3. The Morgan fingerprint density at radius 2 is 2.00 bits per heavy atom. The molecule has 3 rings (SSSR count). The number of ether oxygens (including phenoxy) is 2. The molecule has 28 heavy (non-hydrogen) atoms. The van der Waals surface area contributed by atoms with Gasteiger partial charge in [0.25, 0.3) is 0 Å². The zero-order chi connectivity index (χ0) is 18.7. The predicted octanol–water partition coefficient (Wildman–Crippen LogP) is 3.89. The van der Waals surface area contributed by atoms with Crippen LogP contribution in [0.1, 0.15) is 57.4 Å². The molecule has 2 fully saturated rings. The normalized spacial score (nSPS) is 17.2. The van der Waals surface area contributed by atoms with Crippen LogP contribution in [-0.2, 0) is 11.3 Å². The van der Waals surface area contributed by atoms with Crippen LogP contribution >= 0.6 is 24.0 Å². The molecule has 0 atom stereocenters. The summed E-state index contributed by atoms with van der Waals surface area (Å²) in [5.41, 5.74) is 1.08. The summed E-state index contributed by atoms with van der Waals surface area (Å²) >= 11 is 0. The Morgan fingerprint density at radius 3 is 2.68 bits per heavy atom. The van der Waals surface area contributed by atoms with E-state index in [-0.39, 0.29) is 24.0 Å². The zero-order valence-corrected chi connectivity index (χ0v) is 19.3. The highest BCUT2D eigenvalue weighted by molar-refractivity contribution is 14.0. The van der Waals surface area contributed by atoms with Crippen molar-refractivity contribution in [3.63, 3.8) is 0 Å². The van der Waals surface area contributed by atoms with Gasteiger partial charge in [-0.25, -0.2) is 9.98 Å². The summed E-state index contributed by atoms with van der Waals surface area (Å²) < 4.78 is 11.6. The lowest BCUT2D eigenvalue weighted by atomic mass is 10.3. The Morgan fingerprint density at radius 1 is 1.18 bits per heavy atom. The van der Waals surface area contributed by atoms with E-state index in [1.165, 1.54) is 25.7 Å². The molecule has 158 valence electrons. The van der Waals surface area contributed by atoms with Crippen molar-refractivity contribution in [1.29, 1.82) is 0 Å². The van der Waals surface area contributed by atoms with Gasteiger partial charge in [0.1, 0.15) is 6.10 Å². The van der Waals surface area contributed by atoms with Crippen LogP contribution in [0.2, 0.25) is 0 Å². The maximum Gasteiger partial charge on any atom is 0.213 e. The van der Waals surface area contributed by atoms with Gasteiger partial charge in [-0.2, -0.15) is 0 Å². The molecular formula is C21H35IN4O2. The Kier molecular flexibility index (Phi) is 10.9. The van der Waals surface area contributed by atoms with Gasteiger partial charge in [-0.3, -0.25) is 0 Å². The molecule has 0 spiro atoms.